The first-order chi connectivity index (χ1) is 9.10. The molecule has 6 heteroatoms. The molecule has 1 amide bonds. The van der Waals surface area contributed by atoms with Gasteiger partial charge >= 0.3 is 5.91 Å². The van der Waals surface area contributed by atoms with Crippen LogP contribution in [0.1, 0.15) is 27.4 Å². The topological polar surface area (TPSA) is 81.2 Å². The third-order valence-electron chi connectivity index (χ3n) is 2.53. The maximum Gasteiger partial charge on any atom is 0.301 e. The number of nitrogens with zero attached hydrogens (tertiary/aromatic N) is 1. The number of hydrogen-bond donors (Lipinski definition) is 2. The Morgan fingerprint density at radius 2 is 2.26 bits per heavy atom. The first-order valence-corrected chi connectivity index (χ1v) is 6.74. The van der Waals surface area contributed by atoms with Crippen molar-refractivity contribution in [1.82, 2.24) is 10.4 Å². The van der Waals surface area contributed by atoms with Gasteiger partial charge in [0.05, 0.1) is 11.3 Å². The lowest BCUT2D eigenvalue weighted by molar-refractivity contribution is 0.0925. The summed E-state index contributed by atoms with van der Waals surface area (Å²) >= 11 is 1.56. The summed E-state index contributed by atoms with van der Waals surface area (Å²) in [5.41, 5.74) is 5.02. The number of nitrogens with one attached hydrogen (secondary N) is 1. The monoisotopic (exact) mass is 277 g/mol. The summed E-state index contributed by atoms with van der Waals surface area (Å²) in [6, 6.07) is 5.80. The molecule has 0 saturated carbocycles. The molecule has 3 N–H and O–H groups in total. The molecule has 2 aromatic rings. The molecule has 0 spiro atoms. The van der Waals surface area contributed by atoms with Crippen LogP contribution >= 0.6 is 11.8 Å². The summed E-state index contributed by atoms with van der Waals surface area (Å²) in [4.78, 5) is 15.9. The van der Waals surface area contributed by atoms with Crippen LogP contribution in [0.15, 0.2) is 33.9 Å². The second-order valence-electron chi connectivity index (χ2n) is 4.16. The number of amides is 1. The summed E-state index contributed by atoms with van der Waals surface area (Å²) in [7, 11) is 0. The van der Waals surface area contributed by atoms with E-state index in [0.29, 0.717) is 5.75 Å². The number of furan rings is 1. The van der Waals surface area contributed by atoms with E-state index in [2.05, 4.69) is 10.4 Å². The second-order valence-corrected chi connectivity index (χ2v) is 5.16. The van der Waals surface area contributed by atoms with Crippen molar-refractivity contribution in [3.05, 3.63) is 47.0 Å². The van der Waals surface area contributed by atoms with E-state index in [1.54, 1.807) is 17.8 Å². The molecule has 0 aliphatic heterocycles. The quantitative estimate of drug-likeness (QED) is 0.387. The first-order valence-electron chi connectivity index (χ1n) is 5.75. The van der Waals surface area contributed by atoms with Crippen molar-refractivity contribution < 1.29 is 9.21 Å². The number of hydrazine groups is 1. The van der Waals surface area contributed by atoms with E-state index in [1.807, 2.05) is 26.0 Å². The molecule has 100 valence electrons. The Morgan fingerprint density at radius 1 is 1.47 bits per heavy atom. The number of pyridine rings is 1. The average Bonchev–Trinajstić information content (AvgIpc) is 2.82. The molecule has 2 heterocycles. The van der Waals surface area contributed by atoms with Crippen molar-refractivity contribution in [2.75, 3.05) is 0 Å². The Bertz CT molecular complexity index is 575. The molecule has 0 aliphatic rings. The van der Waals surface area contributed by atoms with Gasteiger partial charge in [-0.25, -0.2) is 10.8 Å². The van der Waals surface area contributed by atoms with E-state index in [9.17, 15) is 4.79 Å². The number of hydrogen-bond acceptors (Lipinski definition) is 5. The molecule has 0 aromatic carbocycles. The molecule has 5 nitrogen and oxygen atoms in total. The van der Waals surface area contributed by atoms with Gasteiger partial charge in [0.2, 0.25) is 0 Å². The van der Waals surface area contributed by atoms with E-state index in [0.717, 1.165) is 16.3 Å². The smallest absolute Gasteiger partial charge is 0.301 e. The first kappa shape index (κ1) is 13.6. The summed E-state index contributed by atoms with van der Waals surface area (Å²) in [6.45, 7) is 3.99. The zero-order chi connectivity index (χ0) is 13.8. The number of aryl methyl sites for hydroxylation is 2. The number of nitrogen functional groups attached to an aromatic ring is 1. The van der Waals surface area contributed by atoms with Gasteiger partial charge in [-0.2, -0.15) is 0 Å². The van der Waals surface area contributed by atoms with Crippen molar-refractivity contribution in [3.8, 4) is 0 Å². The Labute approximate surface area is 115 Å². The van der Waals surface area contributed by atoms with Gasteiger partial charge in [0.15, 0.2) is 5.76 Å². The lowest BCUT2D eigenvalue weighted by atomic mass is 10.2. The second kappa shape index (κ2) is 5.90. The number of thioether (sulfide) groups is 1. The number of rotatable bonds is 4. The van der Waals surface area contributed by atoms with Gasteiger partial charge < -0.3 is 4.42 Å². The lowest BCUT2D eigenvalue weighted by Gasteiger charge is -2.04. The van der Waals surface area contributed by atoms with Crippen LogP contribution < -0.4 is 11.3 Å². The maximum atomic E-state index is 11.5. The van der Waals surface area contributed by atoms with E-state index in [4.69, 9.17) is 10.3 Å². The van der Waals surface area contributed by atoms with Crippen LogP contribution in [0.4, 0.5) is 0 Å². The number of nitrogens with two attached hydrogens (primary N) is 1. The summed E-state index contributed by atoms with van der Waals surface area (Å²) in [5.74, 6) is 5.53. The Balaban J connectivity index is 2.10. The molecule has 0 unspecified atom stereocenters. The van der Waals surface area contributed by atoms with Gasteiger partial charge in [0.1, 0.15) is 0 Å². The van der Waals surface area contributed by atoms with E-state index >= 15 is 0 Å². The Hall–Kier alpha value is -1.79. The predicted molar refractivity (Wildman–Crippen MR) is 73.6 cm³/mol. The van der Waals surface area contributed by atoms with Crippen LogP contribution in [0.2, 0.25) is 0 Å². The van der Waals surface area contributed by atoms with Crippen molar-refractivity contribution in [3.63, 3.8) is 0 Å². The zero-order valence-electron chi connectivity index (χ0n) is 10.8. The van der Waals surface area contributed by atoms with Crippen LogP contribution in [-0.4, -0.2) is 10.9 Å². The van der Waals surface area contributed by atoms with Crippen LogP contribution in [-0.2, 0) is 5.75 Å². The van der Waals surface area contributed by atoms with Gasteiger partial charge in [-0.05, 0) is 37.6 Å². The van der Waals surface area contributed by atoms with Crippen molar-refractivity contribution in [2.45, 2.75) is 24.6 Å². The zero-order valence-corrected chi connectivity index (χ0v) is 11.6. The minimum absolute atomic E-state index is 0.249. The predicted octanol–water partition coefficient (Wildman–Crippen LogP) is 2.19. The molecule has 2 aromatic heterocycles. The largest absolute Gasteiger partial charge is 0.459 e. The van der Waals surface area contributed by atoms with E-state index < -0.39 is 5.91 Å². The van der Waals surface area contributed by atoms with Crippen molar-refractivity contribution in [2.24, 2.45) is 5.84 Å². The maximum absolute atomic E-state index is 11.5. The molecular formula is C13H15N3O2S. The van der Waals surface area contributed by atoms with Crippen molar-refractivity contribution in [1.29, 1.82) is 0 Å². The molecule has 0 fully saturated rings. The fourth-order valence-electron chi connectivity index (χ4n) is 1.74. The lowest BCUT2D eigenvalue weighted by Crippen LogP contribution is -2.30. The average molecular weight is 277 g/mol. The van der Waals surface area contributed by atoms with Crippen molar-refractivity contribution >= 4 is 17.7 Å². The van der Waals surface area contributed by atoms with Gasteiger partial charge in [-0.15, -0.1) is 11.8 Å². The molecular weight excluding hydrogens is 262 g/mol. The number of aromatic nitrogens is 1. The molecule has 2 rings (SSSR count). The fourth-order valence-corrected chi connectivity index (χ4v) is 2.75. The molecule has 0 saturated heterocycles. The standard InChI is InChI=1S/C13H15N3O2S/c1-8-5-9(2)15-11(6-8)19-7-10-3-4-18-12(10)13(17)16-14/h3-6H,7,14H2,1-2H3,(H,16,17). The normalized spacial score (nSPS) is 10.5. The Kier molecular flexibility index (Phi) is 4.24. The number of carbonyl (C=O) groups is 1. The minimum Gasteiger partial charge on any atom is -0.459 e. The highest BCUT2D eigenvalue weighted by Gasteiger charge is 2.14. The van der Waals surface area contributed by atoms with Gasteiger partial charge in [-0.3, -0.25) is 10.2 Å². The van der Waals surface area contributed by atoms with Crippen LogP contribution in [0.3, 0.4) is 0 Å². The molecule has 19 heavy (non-hydrogen) atoms. The summed E-state index contributed by atoms with van der Waals surface area (Å²) in [5, 5.41) is 0.929. The van der Waals surface area contributed by atoms with Crippen LogP contribution in [0.25, 0.3) is 0 Å². The SMILES string of the molecule is Cc1cc(C)nc(SCc2ccoc2C(=O)NN)c1. The third kappa shape index (κ3) is 3.36. The molecule has 0 aliphatic carbocycles. The highest BCUT2D eigenvalue weighted by Crippen LogP contribution is 2.24. The minimum atomic E-state index is -0.422. The summed E-state index contributed by atoms with van der Waals surface area (Å²) in [6.07, 6.45) is 1.48. The highest BCUT2D eigenvalue weighted by molar-refractivity contribution is 7.98. The number of carbonyl (C=O) groups excluding carboxylic acids is 1. The third-order valence-corrected chi connectivity index (χ3v) is 3.49. The molecule has 0 bridgehead atoms. The van der Waals surface area contributed by atoms with E-state index in [1.165, 1.54) is 11.8 Å². The van der Waals surface area contributed by atoms with Crippen LogP contribution in [0.5, 0.6) is 0 Å². The summed E-state index contributed by atoms with van der Waals surface area (Å²) < 4.78 is 5.13. The molecule has 0 atom stereocenters. The van der Waals surface area contributed by atoms with Crippen LogP contribution in [0, 0.1) is 13.8 Å². The Morgan fingerprint density at radius 3 is 2.95 bits per heavy atom. The van der Waals surface area contributed by atoms with E-state index in [-0.39, 0.29) is 5.76 Å². The highest BCUT2D eigenvalue weighted by atomic mass is 32.2. The van der Waals surface area contributed by atoms with Gasteiger partial charge in [0.25, 0.3) is 0 Å². The fraction of sp³-hybridized carbons (Fsp3) is 0.231. The molecule has 0 radical (unpaired) electrons. The van der Waals surface area contributed by atoms with Gasteiger partial charge in [0, 0.05) is 17.0 Å². The van der Waals surface area contributed by atoms with Gasteiger partial charge in [-0.1, -0.05) is 0 Å².